The van der Waals surface area contributed by atoms with Crippen molar-refractivity contribution in [2.45, 2.75) is 13.0 Å². The van der Waals surface area contributed by atoms with E-state index in [4.69, 9.17) is 12.2 Å². The number of amides is 1. The third-order valence-corrected chi connectivity index (χ3v) is 3.31. The first-order chi connectivity index (χ1) is 9.40. The summed E-state index contributed by atoms with van der Waals surface area (Å²) in [5, 5.41) is 6.39. The van der Waals surface area contributed by atoms with Crippen LogP contribution in [0.2, 0.25) is 0 Å². The van der Waals surface area contributed by atoms with Crippen LogP contribution in [-0.4, -0.2) is 30.0 Å². The molecule has 1 aliphatic rings. The molecular weight excluding hydrogens is 277 g/mol. The average molecular weight is 293 g/mol. The monoisotopic (exact) mass is 293 g/mol. The lowest BCUT2D eigenvalue weighted by atomic mass is 9.94. The molecule has 20 heavy (non-hydrogen) atoms. The van der Waals surface area contributed by atoms with E-state index in [2.05, 4.69) is 10.6 Å². The summed E-state index contributed by atoms with van der Waals surface area (Å²) in [6.07, 6.45) is 0. The Balaban J connectivity index is 2.50. The number of nitrogens with one attached hydrogen (secondary N) is 2. The topological polar surface area (TPSA) is 44.4 Å². The highest BCUT2D eigenvalue weighted by molar-refractivity contribution is 7.80. The number of allylic oxidation sites excluding steroid dienone is 1. The second-order valence-electron chi connectivity index (χ2n) is 4.82. The van der Waals surface area contributed by atoms with Gasteiger partial charge >= 0.3 is 0 Å². The number of carbonyl (C=O) groups is 1. The normalized spacial score (nSPS) is 18.4. The van der Waals surface area contributed by atoms with Crippen LogP contribution < -0.4 is 10.6 Å². The lowest BCUT2D eigenvalue weighted by molar-refractivity contribution is -0.125. The minimum Gasteiger partial charge on any atom is -0.351 e. The van der Waals surface area contributed by atoms with Gasteiger partial charge in [0.25, 0.3) is 5.91 Å². The van der Waals surface area contributed by atoms with Gasteiger partial charge in [-0.3, -0.25) is 4.79 Å². The Bertz CT molecular complexity index is 598. The molecule has 0 radical (unpaired) electrons. The van der Waals surface area contributed by atoms with Crippen molar-refractivity contribution in [1.29, 1.82) is 0 Å². The van der Waals surface area contributed by atoms with Crippen molar-refractivity contribution >= 4 is 23.2 Å². The van der Waals surface area contributed by atoms with Crippen LogP contribution in [0.5, 0.6) is 0 Å². The number of likely N-dealkylation sites (N-methyl/N-ethyl adjacent to an activating group) is 1. The van der Waals surface area contributed by atoms with Gasteiger partial charge in [0.05, 0.1) is 11.6 Å². The molecule has 0 saturated heterocycles. The Morgan fingerprint density at radius 1 is 1.40 bits per heavy atom. The Hall–Kier alpha value is -1.95. The molecule has 2 rings (SSSR count). The molecule has 1 unspecified atom stereocenters. The Kier molecular flexibility index (Phi) is 4.04. The van der Waals surface area contributed by atoms with Gasteiger partial charge in [0, 0.05) is 19.8 Å². The SMILES string of the molecule is CC1=C(C(=O)N(C)C)C(c2cccc(F)c2)NC(=S)N1. The summed E-state index contributed by atoms with van der Waals surface area (Å²) in [6.45, 7) is 1.79. The molecule has 0 aromatic heterocycles. The maximum Gasteiger partial charge on any atom is 0.253 e. The molecule has 0 fully saturated rings. The predicted molar refractivity (Wildman–Crippen MR) is 79.4 cm³/mol. The van der Waals surface area contributed by atoms with Gasteiger partial charge in [0.1, 0.15) is 5.82 Å². The lowest BCUT2D eigenvalue weighted by Gasteiger charge is -2.31. The fourth-order valence-electron chi connectivity index (χ4n) is 2.15. The maximum absolute atomic E-state index is 13.4. The number of rotatable bonds is 2. The highest BCUT2D eigenvalue weighted by Gasteiger charge is 2.30. The van der Waals surface area contributed by atoms with Gasteiger partial charge in [-0.15, -0.1) is 0 Å². The summed E-state index contributed by atoms with van der Waals surface area (Å²) in [7, 11) is 3.36. The largest absolute Gasteiger partial charge is 0.351 e. The molecular formula is C14H16FN3OS. The van der Waals surface area contributed by atoms with Gasteiger partial charge in [-0.2, -0.15) is 0 Å². The van der Waals surface area contributed by atoms with Crippen molar-refractivity contribution < 1.29 is 9.18 Å². The van der Waals surface area contributed by atoms with E-state index in [-0.39, 0.29) is 11.7 Å². The fourth-order valence-corrected chi connectivity index (χ4v) is 2.43. The third-order valence-electron chi connectivity index (χ3n) is 3.09. The number of thiocarbonyl (C=S) groups is 1. The number of carbonyl (C=O) groups excluding carboxylic acids is 1. The number of halogens is 1. The molecule has 0 aliphatic carbocycles. The number of hydrogen-bond acceptors (Lipinski definition) is 2. The number of hydrogen-bond donors (Lipinski definition) is 2. The maximum atomic E-state index is 13.4. The molecule has 1 aliphatic heterocycles. The molecule has 1 aromatic carbocycles. The zero-order chi connectivity index (χ0) is 14.9. The summed E-state index contributed by atoms with van der Waals surface area (Å²) >= 11 is 5.12. The van der Waals surface area contributed by atoms with Crippen molar-refractivity contribution in [1.82, 2.24) is 15.5 Å². The summed E-state index contributed by atoms with van der Waals surface area (Å²) in [6, 6.07) is 5.71. The lowest BCUT2D eigenvalue weighted by Crippen LogP contribution is -2.46. The average Bonchev–Trinajstić information content (AvgIpc) is 2.37. The van der Waals surface area contributed by atoms with E-state index in [9.17, 15) is 9.18 Å². The van der Waals surface area contributed by atoms with Crippen LogP contribution in [0.3, 0.4) is 0 Å². The molecule has 6 heteroatoms. The van der Waals surface area contributed by atoms with Crippen molar-refractivity contribution in [2.24, 2.45) is 0 Å². The van der Waals surface area contributed by atoms with E-state index in [1.165, 1.54) is 17.0 Å². The smallest absolute Gasteiger partial charge is 0.253 e. The van der Waals surface area contributed by atoms with Crippen LogP contribution in [0.25, 0.3) is 0 Å². The zero-order valence-corrected chi connectivity index (χ0v) is 12.3. The van der Waals surface area contributed by atoms with Gasteiger partial charge in [0.15, 0.2) is 5.11 Å². The molecule has 0 bridgehead atoms. The van der Waals surface area contributed by atoms with E-state index in [0.29, 0.717) is 21.9 Å². The first-order valence-electron chi connectivity index (χ1n) is 6.15. The van der Waals surface area contributed by atoms with E-state index in [0.717, 1.165) is 0 Å². The molecule has 0 spiro atoms. The highest BCUT2D eigenvalue weighted by atomic mass is 32.1. The fraction of sp³-hybridized carbons (Fsp3) is 0.286. The summed E-state index contributed by atoms with van der Waals surface area (Å²) in [5.41, 5.74) is 1.88. The molecule has 1 atom stereocenters. The van der Waals surface area contributed by atoms with Crippen LogP contribution in [0.1, 0.15) is 18.5 Å². The predicted octanol–water partition coefficient (Wildman–Crippen LogP) is 1.71. The summed E-state index contributed by atoms with van der Waals surface area (Å²) < 4.78 is 13.4. The van der Waals surface area contributed by atoms with Crippen LogP contribution in [-0.2, 0) is 4.79 Å². The van der Waals surface area contributed by atoms with Gasteiger partial charge in [-0.05, 0) is 36.8 Å². The Morgan fingerprint density at radius 3 is 2.70 bits per heavy atom. The standard InChI is InChI=1S/C14H16FN3OS/c1-8-11(13(19)18(2)3)12(17-14(20)16-8)9-5-4-6-10(15)7-9/h4-7,12H,1-3H3,(H2,16,17,20). The van der Waals surface area contributed by atoms with E-state index in [1.807, 2.05) is 0 Å². The summed E-state index contributed by atoms with van der Waals surface area (Å²) in [4.78, 5) is 13.8. The second-order valence-corrected chi connectivity index (χ2v) is 5.23. The van der Waals surface area contributed by atoms with Gasteiger partial charge in [-0.25, -0.2) is 4.39 Å². The first kappa shape index (κ1) is 14.5. The number of nitrogens with zero attached hydrogens (tertiary/aromatic N) is 1. The van der Waals surface area contributed by atoms with Gasteiger partial charge < -0.3 is 15.5 Å². The van der Waals surface area contributed by atoms with Crippen LogP contribution in [0.4, 0.5) is 4.39 Å². The van der Waals surface area contributed by atoms with Crippen LogP contribution in [0.15, 0.2) is 35.5 Å². The number of benzene rings is 1. The molecule has 1 aromatic rings. The van der Waals surface area contributed by atoms with Crippen molar-refractivity contribution in [3.8, 4) is 0 Å². The quantitative estimate of drug-likeness (QED) is 0.815. The first-order valence-corrected chi connectivity index (χ1v) is 6.56. The Morgan fingerprint density at radius 2 is 2.10 bits per heavy atom. The van der Waals surface area contributed by atoms with Crippen molar-refractivity contribution in [2.75, 3.05) is 14.1 Å². The highest BCUT2D eigenvalue weighted by Crippen LogP contribution is 2.28. The van der Waals surface area contributed by atoms with Crippen LogP contribution >= 0.6 is 12.2 Å². The molecule has 1 heterocycles. The van der Waals surface area contributed by atoms with E-state index in [1.54, 1.807) is 33.2 Å². The molecule has 106 valence electrons. The Labute approximate surface area is 122 Å². The zero-order valence-electron chi connectivity index (χ0n) is 11.5. The van der Waals surface area contributed by atoms with Crippen molar-refractivity contribution in [3.63, 3.8) is 0 Å². The molecule has 1 amide bonds. The van der Waals surface area contributed by atoms with Crippen LogP contribution in [0, 0.1) is 5.82 Å². The third kappa shape index (κ3) is 2.80. The summed E-state index contributed by atoms with van der Waals surface area (Å²) in [5.74, 6) is -0.484. The molecule has 0 saturated carbocycles. The minimum atomic E-state index is -0.450. The van der Waals surface area contributed by atoms with Gasteiger partial charge in [-0.1, -0.05) is 12.1 Å². The van der Waals surface area contributed by atoms with Crippen molar-refractivity contribution in [3.05, 3.63) is 46.9 Å². The van der Waals surface area contributed by atoms with E-state index >= 15 is 0 Å². The molecule has 4 nitrogen and oxygen atoms in total. The molecule has 2 N–H and O–H groups in total. The van der Waals surface area contributed by atoms with E-state index < -0.39 is 6.04 Å². The van der Waals surface area contributed by atoms with Gasteiger partial charge in [0.2, 0.25) is 0 Å². The second kappa shape index (κ2) is 5.58. The minimum absolute atomic E-state index is 0.140.